The van der Waals surface area contributed by atoms with Crippen LogP contribution in [0.1, 0.15) is 20.3 Å². The van der Waals surface area contributed by atoms with Crippen molar-refractivity contribution in [1.29, 1.82) is 0 Å². The molecule has 0 bridgehead atoms. The predicted octanol–water partition coefficient (Wildman–Crippen LogP) is 2.50. The summed E-state index contributed by atoms with van der Waals surface area (Å²) in [5, 5.41) is 0. The van der Waals surface area contributed by atoms with Gasteiger partial charge in [0.1, 0.15) is 0 Å². The minimum absolute atomic E-state index is 0.331. The second-order valence-electron chi connectivity index (χ2n) is 2.94. The molecule has 0 spiro atoms. The Bertz CT molecular complexity index is 165. The summed E-state index contributed by atoms with van der Waals surface area (Å²) in [6.45, 7) is 3.03. The van der Waals surface area contributed by atoms with E-state index in [1.165, 1.54) is 13.8 Å². The van der Waals surface area contributed by atoms with Crippen LogP contribution in [0, 0.1) is 5.92 Å². The van der Waals surface area contributed by atoms with E-state index in [0.29, 0.717) is 0 Å². The zero-order valence-corrected chi connectivity index (χ0v) is 6.78. The molecule has 0 rings (SSSR count). The van der Waals surface area contributed by atoms with Crippen molar-refractivity contribution in [2.75, 3.05) is 0 Å². The first-order chi connectivity index (χ1) is 5.28. The molecule has 0 saturated carbocycles. The number of hydrogen-bond acceptors (Lipinski definition) is 1. The number of carbonyl (C=O) groups excluding carboxylic acids is 1. The number of hydrogen-bond donors (Lipinski definition) is 0. The van der Waals surface area contributed by atoms with E-state index >= 15 is 0 Å². The Morgan fingerprint density at radius 3 is 2.00 bits per heavy atom. The fourth-order valence-electron chi connectivity index (χ4n) is 0.629. The highest BCUT2D eigenvalue weighted by molar-refractivity contribution is 5.86. The molecule has 72 valence electrons. The fraction of sp³-hybridized carbons (Fsp3) is 0.857. The molecule has 1 nitrogen and oxygen atoms in total. The normalized spacial score (nSPS) is 12.7. The summed E-state index contributed by atoms with van der Waals surface area (Å²) >= 11 is 0. The third-order valence-corrected chi connectivity index (χ3v) is 1.24. The molecular weight excluding hydrogens is 176 g/mol. The highest BCUT2D eigenvalue weighted by Crippen LogP contribution is 2.26. The Morgan fingerprint density at radius 1 is 1.33 bits per heavy atom. The molecule has 0 atom stereocenters. The molecule has 0 aromatic rings. The number of alkyl halides is 4. The van der Waals surface area contributed by atoms with Crippen LogP contribution < -0.4 is 0 Å². The van der Waals surface area contributed by atoms with Crippen LogP contribution in [-0.2, 0) is 4.79 Å². The zero-order chi connectivity index (χ0) is 9.94. The molecule has 0 unspecified atom stereocenters. The summed E-state index contributed by atoms with van der Waals surface area (Å²) in [4.78, 5) is 10.5. The molecular formula is C7H10F4O. The van der Waals surface area contributed by atoms with Crippen molar-refractivity contribution in [3.05, 3.63) is 0 Å². The zero-order valence-electron chi connectivity index (χ0n) is 6.78. The number of rotatable bonds is 4. The van der Waals surface area contributed by atoms with Crippen LogP contribution in [0.3, 0.4) is 0 Å². The van der Waals surface area contributed by atoms with Crippen molar-refractivity contribution in [2.24, 2.45) is 5.92 Å². The first-order valence-corrected chi connectivity index (χ1v) is 3.47. The van der Waals surface area contributed by atoms with E-state index in [2.05, 4.69) is 0 Å². The highest BCUT2D eigenvalue weighted by Gasteiger charge is 2.47. The van der Waals surface area contributed by atoms with Gasteiger partial charge in [0.05, 0.1) is 0 Å². The van der Waals surface area contributed by atoms with E-state index in [-0.39, 0.29) is 5.92 Å². The molecule has 0 N–H and O–H groups in total. The molecule has 0 aliphatic heterocycles. The maximum atomic E-state index is 12.2. The topological polar surface area (TPSA) is 17.1 Å². The molecule has 5 heteroatoms. The molecule has 0 aromatic carbocycles. The molecule has 0 aliphatic carbocycles. The highest BCUT2D eigenvalue weighted by atomic mass is 19.3. The SMILES string of the molecule is CC(C)CC(=O)C(F)(F)C(F)F. The third kappa shape index (κ3) is 2.79. The van der Waals surface area contributed by atoms with Crippen molar-refractivity contribution in [2.45, 2.75) is 32.6 Å². The van der Waals surface area contributed by atoms with Gasteiger partial charge in [-0.15, -0.1) is 0 Å². The lowest BCUT2D eigenvalue weighted by molar-refractivity contribution is -0.167. The quantitative estimate of drug-likeness (QED) is 0.616. The number of halogens is 4. The average Bonchev–Trinajstić information content (AvgIpc) is 1.85. The van der Waals surface area contributed by atoms with Crippen LogP contribution in [0.2, 0.25) is 0 Å². The van der Waals surface area contributed by atoms with Gasteiger partial charge in [-0.2, -0.15) is 8.78 Å². The van der Waals surface area contributed by atoms with E-state index < -0.39 is 24.6 Å². The van der Waals surface area contributed by atoms with Gasteiger partial charge in [0.25, 0.3) is 0 Å². The van der Waals surface area contributed by atoms with Gasteiger partial charge in [0.15, 0.2) is 0 Å². The molecule has 0 aromatic heterocycles. The molecule has 12 heavy (non-hydrogen) atoms. The lowest BCUT2D eigenvalue weighted by Crippen LogP contribution is -2.37. The van der Waals surface area contributed by atoms with Crippen LogP contribution in [0.25, 0.3) is 0 Å². The van der Waals surface area contributed by atoms with Crippen molar-refractivity contribution < 1.29 is 22.4 Å². The van der Waals surface area contributed by atoms with Crippen LogP contribution in [0.15, 0.2) is 0 Å². The van der Waals surface area contributed by atoms with Gasteiger partial charge >= 0.3 is 12.3 Å². The second kappa shape index (κ2) is 3.87. The van der Waals surface area contributed by atoms with Crippen molar-refractivity contribution in [3.63, 3.8) is 0 Å². The Morgan fingerprint density at radius 2 is 1.75 bits per heavy atom. The summed E-state index contributed by atoms with van der Waals surface area (Å²) in [6.07, 6.45) is -4.42. The summed E-state index contributed by atoms with van der Waals surface area (Å²) < 4.78 is 47.5. The molecule has 0 saturated heterocycles. The van der Waals surface area contributed by atoms with Crippen LogP contribution in [0.4, 0.5) is 17.6 Å². The number of ketones is 1. The Balaban J connectivity index is 4.26. The van der Waals surface area contributed by atoms with E-state index in [1.807, 2.05) is 0 Å². The summed E-state index contributed by atoms with van der Waals surface area (Å²) in [5.74, 6) is -6.50. The van der Waals surface area contributed by atoms with E-state index in [1.54, 1.807) is 0 Å². The van der Waals surface area contributed by atoms with Crippen molar-refractivity contribution in [3.8, 4) is 0 Å². The Labute approximate surface area is 67.8 Å². The minimum atomic E-state index is -4.48. The van der Waals surface area contributed by atoms with Gasteiger partial charge in [0, 0.05) is 6.42 Å². The second-order valence-corrected chi connectivity index (χ2v) is 2.94. The van der Waals surface area contributed by atoms with Gasteiger partial charge in [-0.25, -0.2) is 8.78 Å². The molecule has 0 aliphatic rings. The van der Waals surface area contributed by atoms with E-state index in [9.17, 15) is 22.4 Å². The smallest absolute Gasteiger partial charge is 0.293 e. The van der Waals surface area contributed by atoms with E-state index in [0.717, 1.165) is 0 Å². The largest absolute Gasteiger partial charge is 0.364 e. The summed E-state index contributed by atoms with van der Waals surface area (Å²) in [5.41, 5.74) is 0. The maximum Gasteiger partial charge on any atom is 0.364 e. The van der Waals surface area contributed by atoms with E-state index in [4.69, 9.17) is 0 Å². The molecule has 0 amide bonds. The standard InChI is InChI=1S/C7H10F4O/c1-4(2)3-5(12)7(10,11)6(8)9/h4,6H,3H2,1-2H3. The van der Waals surface area contributed by atoms with Crippen molar-refractivity contribution in [1.82, 2.24) is 0 Å². The predicted molar refractivity (Wildman–Crippen MR) is 35.4 cm³/mol. The maximum absolute atomic E-state index is 12.2. The summed E-state index contributed by atoms with van der Waals surface area (Å²) in [6, 6.07) is 0. The third-order valence-electron chi connectivity index (χ3n) is 1.24. The average molecular weight is 186 g/mol. The van der Waals surface area contributed by atoms with Crippen molar-refractivity contribution >= 4 is 5.78 Å². The number of Topliss-reactive ketones (excluding diaryl/α,β-unsaturated/α-hetero) is 1. The lowest BCUT2D eigenvalue weighted by atomic mass is 10.0. The van der Waals surface area contributed by atoms with Gasteiger partial charge in [-0.3, -0.25) is 4.79 Å². The molecule has 0 fully saturated rings. The van der Waals surface area contributed by atoms with Gasteiger partial charge in [-0.1, -0.05) is 13.8 Å². The minimum Gasteiger partial charge on any atom is -0.293 e. The first-order valence-electron chi connectivity index (χ1n) is 3.47. The first kappa shape index (κ1) is 11.4. The van der Waals surface area contributed by atoms with Gasteiger partial charge in [0.2, 0.25) is 5.78 Å². The molecule has 0 heterocycles. The summed E-state index contributed by atoms with van der Waals surface area (Å²) in [7, 11) is 0. The lowest BCUT2D eigenvalue weighted by Gasteiger charge is -2.14. The van der Waals surface area contributed by atoms with Crippen LogP contribution in [0.5, 0.6) is 0 Å². The van der Waals surface area contributed by atoms with Gasteiger partial charge < -0.3 is 0 Å². The Hall–Kier alpha value is -0.610. The number of carbonyl (C=O) groups is 1. The van der Waals surface area contributed by atoms with Crippen LogP contribution in [-0.4, -0.2) is 18.1 Å². The monoisotopic (exact) mass is 186 g/mol. The fourth-order valence-corrected chi connectivity index (χ4v) is 0.629. The Kier molecular flexibility index (Phi) is 3.67. The molecule has 0 radical (unpaired) electrons. The van der Waals surface area contributed by atoms with Crippen LogP contribution >= 0.6 is 0 Å². The van der Waals surface area contributed by atoms with Gasteiger partial charge in [-0.05, 0) is 5.92 Å².